The summed E-state index contributed by atoms with van der Waals surface area (Å²) in [5.41, 5.74) is 0. The maximum absolute atomic E-state index is 13.6. The third-order valence-electron chi connectivity index (χ3n) is 19.8. The van der Waals surface area contributed by atoms with Crippen LogP contribution in [0.4, 0.5) is 4.79 Å². The summed E-state index contributed by atoms with van der Waals surface area (Å²) >= 11 is 0. The molecule has 0 aliphatic carbocycles. The molecule has 0 aliphatic rings. The zero-order chi connectivity index (χ0) is 74.9. The maximum atomic E-state index is 13.6. The Morgan fingerprint density at radius 1 is 0.304 bits per heavy atom. The zero-order valence-electron chi connectivity index (χ0n) is 66.9. The van der Waals surface area contributed by atoms with Crippen molar-refractivity contribution in [1.82, 2.24) is 21.3 Å². The molecule has 0 spiro atoms. The molecule has 6 atom stereocenters. The van der Waals surface area contributed by atoms with E-state index in [9.17, 15) is 42.9 Å². The molecule has 102 heavy (non-hydrogen) atoms. The van der Waals surface area contributed by atoms with E-state index in [1.165, 1.54) is 180 Å². The van der Waals surface area contributed by atoms with E-state index in [1.807, 2.05) is 0 Å². The lowest BCUT2D eigenvalue weighted by Crippen LogP contribution is -2.46. The Hall–Kier alpha value is -2.59. The second-order valence-corrected chi connectivity index (χ2v) is 33.1. The van der Waals surface area contributed by atoms with Crippen LogP contribution in [0.3, 0.4) is 0 Å². The minimum atomic E-state index is -4.64. The van der Waals surface area contributed by atoms with Crippen LogP contribution in [0.5, 0.6) is 0 Å². The quantitative estimate of drug-likeness (QED) is 0.0188. The fraction of sp³-hybridized carbons (Fsp3) is 0.939. The number of ether oxygens (including phenoxy) is 2. The molecule has 0 saturated carbocycles. The molecule has 0 aromatic heterocycles. The first-order valence-corrected chi connectivity index (χ1v) is 46.4. The summed E-state index contributed by atoms with van der Waals surface area (Å²) in [7, 11) is -8.79. The van der Waals surface area contributed by atoms with Gasteiger partial charge in [0.15, 0.2) is 0 Å². The van der Waals surface area contributed by atoms with E-state index in [-0.39, 0.29) is 88.5 Å². The number of nitrogens with one attached hydrogen (secondary N) is 4. The van der Waals surface area contributed by atoms with Gasteiger partial charge in [-0.1, -0.05) is 337 Å². The van der Waals surface area contributed by atoms with Crippen molar-refractivity contribution in [3.8, 4) is 0 Å². The van der Waals surface area contributed by atoms with Crippen molar-refractivity contribution in [2.24, 2.45) is 0 Å². The summed E-state index contributed by atoms with van der Waals surface area (Å²) < 4.78 is 55.5. The third kappa shape index (κ3) is 68.0. The molecule has 0 radical (unpaired) electrons. The number of amides is 4. The number of carbonyl (C=O) groups is 5. The van der Waals surface area contributed by atoms with Crippen LogP contribution < -0.4 is 21.3 Å². The summed E-state index contributed by atoms with van der Waals surface area (Å²) in [5, 5.41) is 11.6. The van der Waals surface area contributed by atoms with Crippen LogP contribution in [0, 0.1) is 0 Å². The number of phosphoric ester groups is 1. The summed E-state index contributed by atoms with van der Waals surface area (Å²) in [6.45, 7) is 12.4. The molecule has 604 valence electrons. The van der Waals surface area contributed by atoms with Crippen molar-refractivity contribution in [3.63, 3.8) is 0 Å². The van der Waals surface area contributed by atoms with Gasteiger partial charge in [-0.3, -0.25) is 32.8 Å². The topological polar surface area (TPSA) is 254 Å². The molecular formula is C82H162N4O14P2. The first-order valence-electron chi connectivity index (χ1n) is 43.1. The van der Waals surface area contributed by atoms with Gasteiger partial charge in [0.05, 0.1) is 38.1 Å². The highest BCUT2D eigenvalue weighted by atomic mass is 31.2. The Morgan fingerprint density at radius 2 is 0.569 bits per heavy atom. The molecule has 0 rings (SSSR count). The number of hydrogen-bond donors (Lipinski definition) is 6. The Kier molecular flexibility index (Phi) is 72.0. The molecule has 0 saturated heterocycles. The fourth-order valence-electron chi connectivity index (χ4n) is 13.3. The highest BCUT2D eigenvalue weighted by molar-refractivity contribution is 7.52. The first kappa shape index (κ1) is 99.4. The lowest BCUT2D eigenvalue weighted by atomic mass is 9.99. The van der Waals surface area contributed by atoms with Crippen LogP contribution in [0.2, 0.25) is 0 Å². The van der Waals surface area contributed by atoms with Gasteiger partial charge in [-0.15, -0.1) is 0 Å². The monoisotopic (exact) mass is 1490 g/mol. The molecule has 4 unspecified atom stereocenters. The number of esters is 2. The van der Waals surface area contributed by atoms with Crippen molar-refractivity contribution in [3.05, 3.63) is 0 Å². The standard InChI is InChI=1S/C82H162N4O14P2/c1-7-13-19-25-31-37-39-43-49-55-62-78(87)85-74(76(60-53-47-41-33-27-21-15-9-3)99-80(89)64-57-51-45-35-29-23-17-11-5)66-70-96-101(92,93)73-59-68-83-82(91)84-69-72-98-102(94,95)97-71-67-75(86-79(88)63-56-50-44-40-38-32-26-20-14-8-2)77(61-54-48-42-34-28-22-16-10-4)100-81(90)65-58-52-46-36-30-24-18-12-6/h74-77H,7-73H2,1-6H3,(H,85,87)(H,86,88)(H,92,93)(H,94,95)(H2,83,84,91)/t74-,75-,76?,77?/m0/s1. The van der Waals surface area contributed by atoms with Gasteiger partial charge in [-0.2, -0.15) is 0 Å². The van der Waals surface area contributed by atoms with Crippen molar-refractivity contribution in [2.75, 3.05) is 39.1 Å². The smallest absolute Gasteiger partial charge is 0.460 e. The van der Waals surface area contributed by atoms with E-state index in [0.29, 0.717) is 32.1 Å². The molecule has 4 amide bonds. The molecule has 6 N–H and O–H groups in total. The van der Waals surface area contributed by atoms with Crippen molar-refractivity contribution >= 4 is 45.2 Å². The molecule has 0 aromatic carbocycles. The van der Waals surface area contributed by atoms with Gasteiger partial charge < -0.3 is 45.1 Å². The normalized spacial score (nSPS) is 14.0. The Labute approximate surface area is 625 Å². The van der Waals surface area contributed by atoms with Gasteiger partial charge in [0.25, 0.3) is 0 Å². The van der Waals surface area contributed by atoms with Gasteiger partial charge in [-0.05, 0) is 70.6 Å². The van der Waals surface area contributed by atoms with Crippen molar-refractivity contribution in [1.29, 1.82) is 0 Å². The lowest BCUT2D eigenvalue weighted by molar-refractivity contribution is -0.153. The van der Waals surface area contributed by atoms with E-state index >= 15 is 0 Å². The molecular weight excluding hydrogens is 1330 g/mol. The van der Waals surface area contributed by atoms with E-state index in [4.69, 9.17) is 23.0 Å². The molecule has 0 heterocycles. The second kappa shape index (κ2) is 73.9. The van der Waals surface area contributed by atoms with Crippen LogP contribution >= 0.6 is 15.4 Å². The highest BCUT2D eigenvalue weighted by Gasteiger charge is 2.31. The number of carbonyl (C=O) groups excluding carboxylic acids is 5. The Morgan fingerprint density at radius 3 is 0.892 bits per heavy atom. The molecule has 0 bridgehead atoms. The van der Waals surface area contributed by atoms with Gasteiger partial charge in [0.2, 0.25) is 11.8 Å². The number of unbranched alkanes of at least 4 members (excludes halogenated alkanes) is 46. The van der Waals surface area contributed by atoms with Crippen molar-refractivity contribution < 1.29 is 65.9 Å². The number of rotatable bonds is 80. The van der Waals surface area contributed by atoms with Crippen LogP contribution in [-0.4, -0.2) is 103 Å². The van der Waals surface area contributed by atoms with E-state index in [1.54, 1.807) is 0 Å². The van der Waals surface area contributed by atoms with Gasteiger partial charge in [0, 0.05) is 38.8 Å². The van der Waals surface area contributed by atoms with Gasteiger partial charge in [0.1, 0.15) is 12.2 Å². The predicted molar refractivity (Wildman–Crippen MR) is 423 cm³/mol. The molecule has 20 heteroatoms. The minimum Gasteiger partial charge on any atom is -0.460 e. The van der Waals surface area contributed by atoms with Crippen LogP contribution in [0.1, 0.15) is 433 Å². The van der Waals surface area contributed by atoms with Gasteiger partial charge >= 0.3 is 33.4 Å². The average molecular weight is 1490 g/mol. The lowest BCUT2D eigenvalue weighted by Gasteiger charge is -2.29. The summed E-state index contributed by atoms with van der Waals surface area (Å²) in [4.78, 5) is 88.9. The number of hydrogen-bond acceptors (Lipinski definition) is 12. The van der Waals surface area contributed by atoms with Crippen LogP contribution in [0.15, 0.2) is 0 Å². The van der Waals surface area contributed by atoms with Crippen LogP contribution in [-0.2, 0) is 51.4 Å². The fourth-order valence-corrected chi connectivity index (χ4v) is 15.1. The van der Waals surface area contributed by atoms with E-state index in [2.05, 4.69) is 62.8 Å². The predicted octanol–water partition coefficient (Wildman–Crippen LogP) is 23.3. The Bertz CT molecular complexity index is 1890. The van der Waals surface area contributed by atoms with Crippen molar-refractivity contribution in [2.45, 2.75) is 458 Å². The third-order valence-corrected chi connectivity index (χ3v) is 22.3. The average Bonchev–Trinajstić information content (AvgIpc) is 0.895. The number of phosphoric acid groups is 1. The molecule has 0 fully saturated rings. The van der Waals surface area contributed by atoms with Gasteiger partial charge in [-0.25, -0.2) is 9.36 Å². The number of urea groups is 1. The largest absolute Gasteiger partial charge is 0.472 e. The molecule has 0 aliphatic heterocycles. The SMILES string of the molecule is CCCCCCCCCCCCC(=O)N[C@@H](CCOP(=O)(O)CCCNC(=O)NCCOP(=O)(O)OCC[C@H](NC(=O)CCCCCCCCCCCC)C(CCCCCCCCCC)OC(=O)CCCCCCCCCC)C(CCCCCCCCCC)OC(=O)CCCCCCCCCC. The maximum Gasteiger partial charge on any atom is 0.472 e. The summed E-state index contributed by atoms with van der Waals surface area (Å²) in [5.74, 6) is -0.870. The summed E-state index contributed by atoms with van der Waals surface area (Å²) in [6, 6.07) is -1.88. The second-order valence-electron chi connectivity index (χ2n) is 29.7. The zero-order valence-corrected chi connectivity index (χ0v) is 68.7. The molecule has 0 aromatic rings. The van der Waals surface area contributed by atoms with E-state index in [0.717, 1.165) is 154 Å². The highest BCUT2D eigenvalue weighted by Crippen LogP contribution is 2.44. The summed E-state index contributed by atoms with van der Waals surface area (Å²) in [6.07, 6.45) is 59.5. The first-order chi connectivity index (χ1) is 49.6. The Balaban J connectivity index is 5.78. The van der Waals surface area contributed by atoms with E-state index < -0.39 is 45.7 Å². The molecule has 18 nitrogen and oxygen atoms in total. The minimum absolute atomic E-state index is 0.0286. The van der Waals surface area contributed by atoms with Crippen LogP contribution in [0.25, 0.3) is 0 Å².